The zero-order chi connectivity index (χ0) is 21.3. The molecule has 1 aliphatic rings. The summed E-state index contributed by atoms with van der Waals surface area (Å²) in [6.45, 7) is 8.24. The molecule has 0 spiro atoms. The number of nitrogens with one attached hydrogen (secondary N) is 1. The number of nitrogens with zero attached hydrogens (tertiary/aromatic N) is 1. The molecule has 0 bridgehead atoms. The normalized spacial score (nSPS) is 13.7. The SMILES string of the molecule is CCOc1cc(CNCCCN2CCCC2=O)cc(Cl)c1OCc1ccc(C)cc1. The topological polar surface area (TPSA) is 50.8 Å². The van der Waals surface area contributed by atoms with Crippen LogP contribution in [0.2, 0.25) is 5.02 Å². The van der Waals surface area contributed by atoms with Crippen molar-refractivity contribution in [3.8, 4) is 11.5 Å². The lowest BCUT2D eigenvalue weighted by Crippen LogP contribution is -2.28. The Bertz CT molecular complexity index is 839. The second-order valence-corrected chi connectivity index (χ2v) is 8.03. The average Bonchev–Trinajstić information content (AvgIpc) is 3.13. The summed E-state index contributed by atoms with van der Waals surface area (Å²) in [6, 6.07) is 12.1. The second kappa shape index (κ2) is 11.2. The monoisotopic (exact) mass is 430 g/mol. The van der Waals surface area contributed by atoms with Crippen molar-refractivity contribution < 1.29 is 14.3 Å². The second-order valence-electron chi connectivity index (χ2n) is 7.63. The quantitative estimate of drug-likeness (QED) is 0.523. The van der Waals surface area contributed by atoms with E-state index >= 15 is 0 Å². The van der Waals surface area contributed by atoms with E-state index in [1.54, 1.807) is 0 Å². The van der Waals surface area contributed by atoms with E-state index in [0.717, 1.165) is 43.6 Å². The molecule has 162 valence electrons. The maximum Gasteiger partial charge on any atom is 0.222 e. The van der Waals surface area contributed by atoms with Gasteiger partial charge >= 0.3 is 0 Å². The van der Waals surface area contributed by atoms with Gasteiger partial charge in [-0.25, -0.2) is 0 Å². The van der Waals surface area contributed by atoms with Gasteiger partial charge in [0.15, 0.2) is 11.5 Å². The van der Waals surface area contributed by atoms with Gasteiger partial charge in [-0.1, -0.05) is 41.4 Å². The molecule has 1 amide bonds. The molecule has 0 aliphatic carbocycles. The third-order valence-corrected chi connectivity index (χ3v) is 5.44. The van der Waals surface area contributed by atoms with Gasteiger partial charge in [-0.2, -0.15) is 0 Å². The fourth-order valence-electron chi connectivity index (χ4n) is 3.53. The van der Waals surface area contributed by atoms with Crippen LogP contribution in [0.25, 0.3) is 0 Å². The molecule has 3 rings (SSSR count). The van der Waals surface area contributed by atoms with Crippen LogP contribution in [0.3, 0.4) is 0 Å². The summed E-state index contributed by atoms with van der Waals surface area (Å²) in [4.78, 5) is 13.6. The molecule has 30 heavy (non-hydrogen) atoms. The lowest BCUT2D eigenvalue weighted by Gasteiger charge is -2.17. The van der Waals surface area contributed by atoms with E-state index in [-0.39, 0.29) is 5.91 Å². The number of amides is 1. The first-order chi connectivity index (χ1) is 14.6. The first-order valence-corrected chi connectivity index (χ1v) is 11.1. The molecule has 5 nitrogen and oxygen atoms in total. The number of carbonyl (C=O) groups is 1. The van der Waals surface area contributed by atoms with Crippen molar-refractivity contribution in [1.82, 2.24) is 10.2 Å². The van der Waals surface area contributed by atoms with Crippen molar-refractivity contribution in [1.29, 1.82) is 0 Å². The predicted molar refractivity (Wildman–Crippen MR) is 120 cm³/mol. The summed E-state index contributed by atoms with van der Waals surface area (Å²) < 4.78 is 11.8. The third kappa shape index (κ3) is 6.38. The summed E-state index contributed by atoms with van der Waals surface area (Å²) in [5.41, 5.74) is 3.35. The van der Waals surface area contributed by atoms with Crippen LogP contribution in [0, 0.1) is 6.92 Å². The maximum absolute atomic E-state index is 11.7. The van der Waals surface area contributed by atoms with Gasteiger partial charge < -0.3 is 19.7 Å². The minimum Gasteiger partial charge on any atom is -0.490 e. The lowest BCUT2D eigenvalue weighted by molar-refractivity contribution is -0.127. The van der Waals surface area contributed by atoms with Gasteiger partial charge in [0, 0.05) is 26.1 Å². The van der Waals surface area contributed by atoms with Gasteiger partial charge in [-0.15, -0.1) is 0 Å². The van der Waals surface area contributed by atoms with E-state index in [1.165, 1.54) is 5.56 Å². The minimum absolute atomic E-state index is 0.282. The van der Waals surface area contributed by atoms with Gasteiger partial charge in [-0.05, 0) is 56.5 Å². The van der Waals surface area contributed by atoms with Crippen LogP contribution in [0.15, 0.2) is 36.4 Å². The number of aryl methyl sites for hydroxylation is 1. The Balaban J connectivity index is 1.54. The largest absolute Gasteiger partial charge is 0.490 e. The van der Waals surface area contributed by atoms with Crippen molar-refractivity contribution in [2.24, 2.45) is 0 Å². The molecule has 0 radical (unpaired) electrons. The number of carbonyl (C=O) groups excluding carboxylic acids is 1. The van der Waals surface area contributed by atoms with Gasteiger partial charge in [0.2, 0.25) is 5.91 Å². The molecular formula is C24H31ClN2O3. The number of rotatable bonds is 11. The van der Waals surface area contributed by atoms with Gasteiger partial charge in [-0.3, -0.25) is 4.79 Å². The van der Waals surface area contributed by atoms with Crippen LogP contribution in [-0.2, 0) is 17.9 Å². The Morgan fingerprint density at radius 1 is 1.13 bits per heavy atom. The van der Waals surface area contributed by atoms with Crippen molar-refractivity contribution in [3.63, 3.8) is 0 Å². The fourth-order valence-corrected chi connectivity index (χ4v) is 3.82. The Morgan fingerprint density at radius 3 is 2.63 bits per heavy atom. The zero-order valence-corrected chi connectivity index (χ0v) is 18.6. The number of hydrogen-bond donors (Lipinski definition) is 1. The summed E-state index contributed by atoms with van der Waals surface area (Å²) in [5.74, 6) is 1.52. The molecule has 0 saturated carbocycles. The van der Waals surface area contributed by atoms with E-state index < -0.39 is 0 Å². The highest BCUT2D eigenvalue weighted by atomic mass is 35.5. The molecule has 6 heteroatoms. The first kappa shape index (κ1) is 22.4. The Labute approximate surface area is 184 Å². The van der Waals surface area contributed by atoms with Gasteiger partial charge in [0.1, 0.15) is 6.61 Å². The molecule has 0 atom stereocenters. The lowest BCUT2D eigenvalue weighted by atomic mass is 10.1. The summed E-state index contributed by atoms with van der Waals surface area (Å²) >= 11 is 6.53. The van der Waals surface area contributed by atoms with E-state index in [2.05, 4.69) is 36.5 Å². The molecular weight excluding hydrogens is 400 g/mol. The standard InChI is InChI=1S/C24H31ClN2O3/c1-3-29-22-15-20(16-26-11-5-13-27-12-4-6-23(27)28)14-21(25)24(22)30-17-19-9-7-18(2)8-10-19/h7-10,14-15,26H,3-6,11-13,16-17H2,1-2H3. The van der Waals surface area contributed by atoms with E-state index in [4.69, 9.17) is 21.1 Å². The van der Waals surface area contributed by atoms with Crippen LogP contribution < -0.4 is 14.8 Å². The number of halogens is 1. The highest BCUT2D eigenvalue weighted by Crippen LogP contribution is 2.37. The molecule has 1 fully saturated rings. The molecule has 1 heterocycles. The van der Waals surface area contributed by atoms with Crippen molar-refractivity contribution in [3.05, 3.63) is 58.1 Å². The van der Waals surface area contributed by atoms with Crippen molar-refractivity contribution in [2.45, 2.75) is 46.3 Å². The Hall–Kier alpha value is -2.24. The van der Waals surface area contributed by atoms with E-state index in [1.807, 2.05) is 24.0 Å². The smallest absolute Gasteiger partial charge is 0.222 e. The van der Waals surface area contributed by atoms with Gasteiger partial charge in [0.05, 0.1) is 11.6 Å². The van der Waals surface area contributed by atoms with Crippen LogP contribution in [0.4, 0.5) is 0 Å². The van der Waals surface area contributed by atoms with Crippen molar-refractivity contribution in [2.75, 3.05) is 26.2 Å². The number of benzene rings is 2. The summed E-state index contributed by atoms with van der Waals surface area (Å²) in [5, 5.41) is 3.98. The van der Waals surface area contributed by atoms with Crippen molar-refractivity contribution >= 4 is 17.5 Å². The van der Waals surface area contributed by atoms with E-state index in [0.29, 0.717) is 42.7 Å². The molecule has 1 N–H and O–H groups in total. The number of hydrogen-bond acceptors (Lipinski definition) is 4. The first-order valence-electron chi connectivity index (χ1n) is 10.7. The van der Waals surface area contributed by atoms with Crippen LogP contribution in [0.5, 0.6) is 11.5 Å². The molecule has 0 unspecified atom stereocenters. The highest BCUT2D eigenvalue weighted by molar-refractivity contribution is 6.32. The minimum atomic E-state index is 0.282. The fraction of sp³-hybridized carbons (Fsp3) is 0.458. The molecule has 2 aromatic carbocycles. The number of likely N-dealkylation sites (tertiary alicyclic amines) is 1. The molecule has 1 aliphatic heterocycles. The number of ether oxygens (including phenoxy) is 2. The summed E-state index contributed by atoms with van der Waals surface area (Å²) in [6.07, 6.45) is 2.63. The van der Waals surface area contributed by atoms with Crippen LogP contribution in [-0.4, -0.2) is 37.0 Å². The van der Waals surface area contributed by atoms with Crippen LogP contribution in [0.1, 0.15) is 42.9 Å². The van der Waals surface area contributed by atoms with E-state index in [9.17, 15) is 4.79 Å². The predicted octanol–water partition coefficient (Wildman–Crippen LogP) is 4.73. The molecule has 2 aromatic rings. The Kier molecular flexibility index (Phi) is 8.40. The van der Waals surface area contributed by atoms with Crippen LogP contribution >= 0.6 is 11.6 Å². The molecule has 1 saturated heterocycles. The van der Waals surface area contributed by atoms with Gasteiger partial charge in [0.25, 0.3) is 0 Å². The highest BCUT2D eigenvalue weighted by Gasteiger charge is 2.19. The Morgan fingerprint density at radius 2 is 1.93 bits per heavy atom. The summed E-state index contributed by atoms with van der Waals surface area (Å²) in [7, 11) is 0. The zero-order valence-electron chi connectivity index (χ0n) is 17.9. The molecule has 0 aromatic heterocycles. The average molecular weight is 431 g/mol. The maximum atomic E-state index is 11.7. The third-order valence-electron chi connectivity index (χ3n) is 5.16.